The highest BCUT2D eigenvalue weighted by molar-refractivity contribution is 5.76. The van der Waals surface area contributed by atoms with E-state index < -0.39 is 11.2 Å². The van der Waals surface area contributed by atoms with Crippen molar-refractivity contribution in [2.75, 3.05) is 19.8 Å². The molecule has 0 radical (unpaired) electrons. The number of carbonyl (C=O) groups is 1. The van der Waals surface area contributed by atoms with Crippen LogP contribution < -0.4 is 26.0 Å². The number of rotatable bonds is 6. The molecule has 1 aliphatic heterocycles. The van der Waals surface area contributed by atoms with E-state index in [1.165, 1.54) is 23.5 Å². The highest BCUT2D eigenvalue weighted by Crippen LogP contribution is 2.43. The molecule has 0 atom stereocenters. The maximum absolute atomic E-state index is 12.8. The number of amides is 1. The molecule has 3 aromatic rings. The number of ether oxygens (including phenoxy) is 2. The van der Waals surface area contributed by atoms with Gasteiger partial charge in [-0.25, -0.2) is 9.78 Å². The number of aromatic nitrogens is 4. The monoisotopic (exact) mass is 467 g/mol. The first kappa shape index (κ1) is 22.2. The summed E-state index contributed by atoms with van der Waals surface area (Å²) in [5.41, 5.74) is 0.833. The second-order valence-corrected chi connectivity index (χ2v) is 9.19. The van der Waals surface area contributed by atoms with Crippen molar-refractivity contribution in [2.24, 2.45) is 14.1 Å². The number of imidazole rings is 1. The van der Waals surface area contributed by atoms with Crippen molar-refractivity contribution in [1.29, 1.82) is 0 Å². The van der Waals surface area contributed by atoms with Crippen LogP contribution in [0.25, 0.3) is 11.2 Å². The van der Waals surface area contributed by atoms with E-state index >= 15 is 0 Å². The normalized spacial score (nSPS) is 16.6. The first-order valence-corrected chi connectivity index (χ1v) is 11.7. The number of fused-ring (bicyclic) bond motifs is 2. The van der Waals surface area contributed by atoms with Crippen molar-refractivity contribution in [1.82, 2.24) is 24.0 Å². The van der Waals surface area contributed by atoms with Crippen LogP contribution in [0.2, 0.25) is 0 Å². The lowest BCUT2D eigenvalue weighted by Crippen LogP contribution is -2.39. The predicted octanol–water partition coefficient (Wildman–Crippen LogP) is 1.22. The average Bonchev–Trinajstić information content (AvgIpc) is 3.51. The van der Waals surface area contributed by atoms with Crippen molar-refractivity contribution in [2.45, 2.75) is 44.1 Å². The van der Waals surface area contributed by atoms with Gasteiger partial charge in [0.2, 0.25) is 5.91 Å². The molecule has 2 aromatic heterocycles. The zero-order valence-electron chi connectivity index (χ0n) is 19.5. The maximum Gasteiger partial charge on any atom is 0.332 e. The summed E-state index contributed by atoms with van der Waals surface area (Å²) < 4.78 is 15.5. The molecular formula is C24H29N5O5. The van der Waals surface area contributed by atoms with Crippen molar-refractivity contribution in [3.8, 4) is 11.5 Å². The zero-order chi connectivity index (χ0) is 23.9. The number of benzene rings is 1. The topological polar surface area (TPSA) is 109 Å². The Morgan fingerprint density at radius 2 is 1.82 bits per heavy atom. The van der Waals surface area contributed by atoms with Crippen LogP contribution in [-0.2, 0) is 30.8 Å². The number of aryl methyl sites for hydroxylation is 2. The Morgan fingerprint density at radius 3 is 2.59 bits per heavy atom. The van der Waals surface area contributed by atoms with Crippen molar-refractivity contribution in [3.05, 3.63) is 50.9 Å². The van der Waals surface area contributed by atoms with Crippen molar-refractivity contribution >= 4 is 17.1 Å². The molecule has 1 aliphatic carbocycles. The van der Waals surface area contributed by atoms with Crippen LogP contribution in [0.1, 0.15) is 37.7 Å². The summed E-state index contributed by atoms with van der Waals surface area (Å²) in [6.07, 6.45) is 5.95. The summed E-state index contributed by atoms with van der Waals surface area (Å²) in [7, 11) is 3.01. The molecule has 1 N–H and O–H groups in total. The van der Waals surface area contributed by atoms with Crippen LogP contribution in [-0.4, -0.2) is 44.4 Å². The Bertz CT molecular complexity index is 1360. The second-order valence-electron chi connectivity index (χ2n) is 9.19. The zero-order valence-corrected chi connectivity index (χ0v) is 19.5. The molecule has 5 rings (SSSR count). The van der Waals surface area contributed by atoms with Gasteiger partial charge in [-0.15, -0.1) is 0 Å². The molecule has 10 nitrogen and oxygen atoms in total. The minimum Gasteiger partial charge on any atom is -0.486 e. The van der Waals surface area contributed by atoms with Crippen LogP contribution in [0, 0.1) is 0 Å². The molecule has 2 aliphatic rings. The van der Waals surface area contributed by atoms with E-state index in [2.05, 4.69) is 22.4 Å². The summed E-state index contributed by atoms with van der Waals surface area (Å²) in [6, 6.07) is 6.11. The smallest absolute Gasteiger partial charge is 0.332 e. The number of hydrogen-bond acceptors (Lipinski definition) is 6. The molecule has 180 valence electrons. The Kier molecular flexibility index (Phi) is 5.66. The molecular weight excluding hydrogens is 438 g/mol. The van der Waals surface area contributed by atoms with Crippen LogP contribution in [0.4, 0.5) is 0 Å². The lowest BCUT2D eigenvalue weighted by atomic mass is 9.78. The largest absolute Gasteiger partial charge is 0.486 e. The second kappa shape index (κ2) is 8.66. The molecule has 1 amide bonds. The molecule has 3 heterocycles. The fourth-order valence-corrected chi connectivity index (χ4v) is 5.14. The highest BCUT2D eigenvalue weighted by atomic mass is 16.6. The van der Waals surface area contributed by atoms with Gasteiger partial charge in [0.05, 0.1) is 6.33 Å². The van der Waals surface area contributed by atoms with E-state index in [0.717, 1.165) is 41.7 Å². The number of nitrogens with one attached hydrogen (secondary N) is 1. The van der Waals surface area contributed by atoms with Gasteiger partial charge in [-0.05, 0) is 30.5 Å². The fraction of sp³-hybridized carbons (Fsp3) is 0.500. The van der Waals surface area contributed by atoms with E-state index in [4.69, 9.17) is 9.47 Å². The van der Waals surface area contributed by atoms with E-state index in [9.17, 15) is 14.4 Å². The first-order chi connectivity index (χ1) is 16.4. The van der Waals surface area contributed by atoms with Crippen LogP contribution >= 0.6 is 0 Å². The van der Waals surface area contributed by atoms with Gasteiger partial charge in [-0.3, -0.25) is 18.7 Å². The Morgan fingerprint density at radius 1 is 1.09 bits per heavy atom. The molecule has 0 spiro atoms. The van der Waals surface area contributed by atoms with Crippen LogP contribution in [0.5, 0.6) is 11.5 Å². The lowest BCUT2D eigenvalue weighted by molar-refractivity contribution is -0.121. The van der Waals surface area contributed by atoms with Gasteiger partial charge < -0.3 is 19.4 Å². The number of hydrogen-bond donors (Lipinski definition) is 1. The van der Waals surface area contributed by atoms with E-state index in [1.807, 2.05) is 6.07 Å². The first-order valence-electron chi connectivity index (χ1n) is 11.7. The molecule has 0 bridgehead atoms. The molecule has 0 unspecified atom stereocenters. The Balaban J connectivity index is 1.29. The van der Waals surface area contributed by atoms with Gasteiger partial charge in [0.15, 0.2) is 22.7 Å². The van der Waals surface area contributed by atoms with E-state index in [0.29, 0.717) is 37.5 Å². The Hall–Kier alpha value is -3.56. The van der Waals surface area contributed by atoms with Gasteiger partial charge in [0.1, 0.15) is 13.2 Å². The summed E-state index contributed by atoms with van der Waals surface area (Å²) >= 11 is 0. The SMILES string of the molecule is Cn1c(=O)c2c(ncn2CCC(=O)NCC2(c3ccc4c(c3)OCCO4)CCCC2)n(C)c1=O. The molecule has 10 heteroatoms. The van der Waals surface area contributed by atoms with Crippen LogP contribution in [0.15, 0.2) is 34.1 Å². The molecule has 0 saturated heterocycles. The summed E-state index contributed by atoms with van der Waals surface area (Å²) in [4.78, 5) is 41.7. The molecule has 34 heavy (non-hydrogen) atoms. The summed E-state index contributed by atoms with van der Waals surface area (Å²) in [5.74, 6) is 1.44. The molecule has 1 aromatic carbocycles. The molecule has 1 fully saturated rings. The van der Waals surface area contributed by atoms with Crippen LogP contribution in [0.3, 0.4) is 0 Å². The van der Waals surface area contributed by atoms with E-state index in [1.54, 1.807) is 11.6 Å². The number of carbonyl (C=O) groups excluding carboxylic acids is 1. The summed E-state index contributed by atoms with van der Waals surface area (Å²) in [5, 5.41) is 3.12. The Labute approximate surface area is 196 Å². The predicted molar refractivity (Wildman–Crippen MR) is 125 cm³/mol. The quantitative estimate of drug-likeness (QED) is 0.584. The van der Waals surface area contributed by atoms with E-state index in [-0.39, 0.29) is 17.7 Å². The lowest BCUT2D eigenvalue weighted by Gasteiger charge is -2.31. The van der Waals surface area contributed by atoms with Gasteiger partial charge >= 0.3 is 5.69 Å². The summed E-state index contributed by atoms with van der Waals surface area (Å²) in [6.45, 7) is 1.95. The van der Waals surface area contributed by atoms with Gasteiger partial charge in [-0.1, -0.05) is 18.9 Å². The number of nitrogens with zero attached hydrogens (tertiary/aromatic N) is 4. The third kappa shape index (κ3) is 3.76. The average molecular weight is 468 g/mol. The fourth-order valence-electron chi connectivity index (χ4n) is 5.14. The van der Waals surface area contributed by atoms with Gasteiger partial charge in [-0.2, -0.15) is 0 Å². The highest BCUT2D eigenvalue weighted by Gasteiger charge is 2.36. The maximum atomic E-state index is 12.8. The minimum absolute atomic E-state index is 0.0905. The van der Waals surface area contributed by atoms with Crippen molar-refractivity contribution < 1.29 is 14.3 Å². The minimum atomic E-state index is -0.429. The van der Waals surface area contributed by atoms with Gasteiger partial charge in [0.25, 0.3) is 5.56 Å². The third-order valence-electron chi connectivity index (χ3n) is 7.14. The molecule has 1 saturated carbocycles. The van der Waals surface area contributed by atoms with Crippen molar-refractivity contribution in [3.63, 3.8) is 0 Å². The third-order valence-corrected chi connectivity index (χ3v) is 7.14. The van der Waals surface area contributed by atoms with Gasteiger partial charge in [0, 0.05) is 39.0 Å². The standard InChI is InChI=1S/C24H29N5O5/c1-27-21-20(22(31)28(2)23(27)32)29(15-26-21)10-7-19(30)25-14-24(8-3-4-9-24)16-5-6-17-18(13-16)34-12-11-33-17/h5-6,13,15H,3-4,7-12,14H2,1-2H3,(H,25,30).